The molecule has 0 N–H and O–H groups in total. The van der Waals surface area contributed by atoms with Crippen LogP contribution in [0.5, 0.6) is 0 Å². The summed E-state index contributed by atoms with van der Waals surface area (Å²) in [5.74, 6) is -1.76. The lowest BCUT2D eigenvalue weighted by Crippen LogP contribution is -2.23. The maximum atomic E-state index is 12.1. The fourth-order valence-corrected chi connectivity index (χ4v) is 2.07. The molecule has 0 fully saturated rings. The minimum absolute atomic E-state index is 0.0438. The van der Waals surface area contributed by atoms with E-state index in [9.17, 15) is 14.7 Å². The van der Waals surface area contributed by atoms with Crippen LogP contribution >= 0.6 is 0 Å². The molecule has 2 rings (SSSR count). The summed E-state index contributed by atoms with van der Waals surface area (Å²) >= 11 is 0. The van der Waals surface area contributed by atoms with Crippen molar-refractivity contribution in [2.45, 2.75) is 20.0 Å². The van der Waals surface area contributed by atoms with Gasteiger partial charge in [0.2, 0.25) is 0 Å². The molecule has 0 amide bonds. The van der Waals surface area contributed by atoms with Gasteiger partial charge in [-0.05, 0) is 31.0 Å². The van der Waals surface area contributed by atoms with Crippen molar-refractivity contribution in [2.24, 2.45) is 0 Å². The minimum atomic E-state index is -1.28. The molecule has 0 atom stereocenters. The number of carboxylic acid groups (broad SMARTS) is 1. The SMILES string of the molecule is CC(C)OC(=O)c1ccccc1-c1ccccc1C(=O)[O-]. The van der Waals surface area contributed by atoms with Crippen molar-refractivity contribution in [2.75, 3.05) is 0 Å². The summed E-state index contributed by atoms with van der Waals surface area (Å²) in [4.78, 5) is 23.4. The second-order valence-corrected chi connectivity index (χ2v) is 4.83. The Morgan fingerprint density at radius 1 is 0.905 bits per heavy atom. The molecule has 2 aromatic rings. The summed E-state index contributed by atoms with van der Waals surface area (Å²) < 4.78 is 5.20. The molecule has 0 saturated heterocycles. The van der Waals surface area contributed by atoms with Gasteiger partial charge >= 0.3 is 5.97 Å². The summed E-state index contributed by atoms with van der Waals surface area (Å²) in [5.41, 5.74) is 1.33. The van der Waals surface area contributed by atoms with E-state index in [0.29, 0.717) is 16.7 Å². The van der Waals surface area contributed by atoms with E-state index in [0.717, 1.165) is 0 Å². The number of hydrogen-bond donors (Lipinski definition) is 0. The molecule has 0 bridgehead atoms. The van der Waals surface area contributed by atoms with Crippen molar-refractivity contribution in [3.63, 3.8) is 0 Å². The molecule has 4 heteroatoms. The molecule has 0 unspecified atom stereocenters. The van der Waals surface area contributed by atoms with Gasteiger partial charge in [-0.1, -0.05) is 42.5 Å². The molecule has 0 radical (unpaired) electrons. The first-order valence-corrected chi connectivity index (χ1v) is 6.61. The van der Waals surface area contributed by atoms with Gasteiger partial charge in [0.1, 0.15) is 0 Å². The minimum Gasteiger partial charge on any atom is -0.545 e. The molecule has 108 valence electrons. The van der Waals surface area contributed by atoms with E-state index >= 15 is 0 Å². The summed E-state index contributed by atoms with van der Waals surface area (Å²) in [6.07, 6.45) is -0.248. The molecule has 0 aliphatic carbocycles. The van der Waals surface area contributed by atoms with Crippen molar-refractivity contribution >= 4 is 11.9 Å². The maximum absolute atomic E-state index is 12.1. The largest absolute Gasteiger partial charge is 0.545 e. The normalized spacial score (nSPS) is 10.4. The van der Waals surface area contributed by atoms with Crippen molar-refractivity contribution in [1.29, 1.82) is 0 Å². The monoisotopic (exact) mass is 283 g/mol. The summed E-state index contributed by atoms with van der Waals surface area (Å²) in [6.45, 7) is 3.52. The highest BCUT2D eigenvalue weighted by Gasteiger charge is 2.16. The smallest absolute Gasteiger partial charge is 0.339 e. The average Bonchev–Trinajstić information content (AvgIpc) is 2.46. The lowest BCUT2D eigenvalue weighted by molar-refractivity contribution is -0.254. The van der Waals surface area contributed by atoms with Crippen molar-refractivity contribution in [3.05, 3.63) is 59.7 Å². The predicted molar refractivity (Wildman–Crippen MR) is 76.8 cm³/mol. The van der Waals surface area contributed by atoms with Gasteiger partial charge in [0.15, 0.2) is 0 Å². The zero-order valence-electron chi connectivity index (χ0n) is 11.8. The Balaban J connectivity index is 2.56. The fraction of sp³-hybridized carbons (Fsp3) is 0.176. The number of carboxylic acids is 1. The Morgan fingerprint density at radius 3 is 1.90 bits per heavy atom. The maximum Gasteiger partial charge on any atom is 0.339 e. The molecule has 0 spiro atoms. The highest BCUT2D eigenvalue weighted by molar-refractivity contribution is 6.02. The second kappa shape index (κ2) is 6.22. The van der Waals surface area contributed by atoms with Gasteiger partial charge in [0.25, 0.3) is 0 Å². The number of rotatable bonds is 4. The number of carbonyl (C=O) groups is 2. The third kappa shape index (κ3) is 3.28. The quantitative estimate of drug-likeness (QED) is 0.807. The molecule has 0 aromatic heterocycles. The van der Waals surface area contributed by atoms with E-state index in [1.54, 1.807) is 56.3 Å². The summed E-state index contributed by atoms with van der Waals surface area (Å²) in [7, 11) is 0. The first-order chi connectivity index (χ1) is 10.0. The van der Waals surface area contributed by atoms with Crippen LogP contribution in [0, 0.1) is 0 Å². The highest BCUT2D eigenvalue weighted by atomic mass is 16.5. The van der Waals surface area contributed by atoms with Gasteiger partial charge in [0.05, 0.1) is 17.6 Å². The van der Waals surface area contributed by atoms with E-state index in [4.69, 9.17) is 4.74 Å². The van der Waals surface area contributed by atoms with E-state index in [-0.39, 0.29) is 11.7 Å². The molecule has 4 nitrogen and oxygen atoms in total. The van der Waals surface area contributed by atoms with Gasteiger partial charge in [-0.25, -0.2) is 4.79 Å². The Bertz CT molecular complexity index is 674. The Labute approximate surface area is 123 Å². The van der Waals surface area contributed by atoms with Crippen molar-refractivity contribution in [1.82, 2.24) is 0 Å². The summed E-state index contributed by atoms with van der Waals surface area (Å²) in [6, 6.07) is 13.2. The molecular weight excluding hydrogens is 268 g/mol. The van der Waals surface area contributed by atoms with Crippen LogP contribution < -0.4 is 5.11 Å². The van der Waals surface area contributed by atoms with Crippen molar-refractivity contribution < 1.29 is 19.4 Å². The van der Waals surface area contributed by atoms with E-state index < -0.39 is 11.9 Å². The molecule has 0 aliphatic rings. The number of carbonyl (C=O) groups excluding carboxylic acids is 2. The number of esters is 1. The lowest BCUT2D eigenvalue weighted by atomic mass is 9.95. The zero-order valence-corrected chi connectivity index (χ0v) is 11.8. The van der Waals surface area contributed by atoms with E-state index in [1.807, 2.05) is 0 Å². The highest BCUT2D eigenvalue weighted by Crippen LogP contribution is 2.27. The Kier molecular flexibility index (Phi) is 4.38. The second-order valence-electron chi connectivity index (χ2n) is 4.83. The number of ether oxygens (including phenoxy) is 1. The van der Waals surface area contributed by atoms with Crippen LogP contribution in [0.1, 0.15) is 34.6 Å². The van der Waals surface area contributed by atoms with Crippen LogP contribution in [0.3, 0.4) is 0 Å². The molecular formula is C17H15O4-. The molecule has 0 aliphatic heterocycles. The number of aromatic carboxylic acids is 1. The van der Waals surface area contributed by atoms with Crippen LogP contribution in [-0.4, -0.2) is 18.0 Å². The first kappa shape index (κ1) is 14.8. The van der Waals surface area contributed by atoms with Crippen LogP contribution in [0.4, 0.5) is 0 Å². The number of hydrogen-bond acceptors (Lipinski definition) is 4. The Hall–Kier alpha value is -2.62. The van der Waals surface area contributed by atoms with Gasteiger partial charge < -0.3 is 14.6 Å². The zero-order chi connectivity index (χ0) is 15.4. The third-order valence-electron chi connectivity index (χ3n) is 2.93. The number of benzene rings is 2. The van der Waals surface area contributed by atoms with Crippen LogP contribution in [0.2, 0.25) is 0 Å². The van der Waals surface area contributed by atoms with Crippen LogP contribution in [0.15, 0.2) is 48.5 Å². The van der Waals surface area contributed by atoms with Crippen LogP contribution in [0.25, 0.3) is 11.1 Å². The topological polar surface area (TPSA) is 66.4 Å². The van der Waals surface area contributed by atoms with E-state index in [1.165, 1.54) is 6.07 Å². The molecule has 0 heterocycles. The van der Waals surface area contributed by atoms with Gasteiger partial charge in [-0.3, -0.25) is 0 Å². The van der Waals surface area contributed by atoms with Gasteiger partial charge in [0, 0.05) is 5.56 Å². The Morgan fingerprint density at radius 2 is 1.38 bits per heavy atom. The molecule has 2 aromatic carbocycles. The lowest BCUT2D eigenvalue weighted by Gasteiger charge is -2.15. The van der Waals surface area contributed by atoms with Gasteiger partial charge in [-0.15, -0.1) is 0 Å². The summed E-state index contributed by atoms with van der Waals surface area (Å²) in [5, 5.41) is 11.2. The first-order valence-electron chi connectivity index (χ1n) is 6.61. The third-order valence-corrected chi connectivity index (χ3v) is 2.93. The fourth-order valence-electron chi connectivity index (χ4n) is 2.07. The molecule has 0 saturated carbocycles. The van der Waals surface area contributed by atoms with E-state index in [2.05, 4.69) is 0 Å². The molecule has 21 heavy (non-hydrogen) atoms. The average molecular weight is 283 g/mol. The van der Waals surface area contributed by atoms with Crippen molar-refractivity contribution in [3.8, 4) is 11.1 Å². The predicted octanol–water partition coefficient (Wildman–Crippen LogP) is 2.28. The van der Waals surface area contributed by atoms with Gasteiger partial charge in [-0.2, -0.15) is 0 Å². The standard InChI is InChI=1S/C17H16O4/c1-11(2)21-17(20)15-10-6-4-8-13(15)12-7-3-5-9-14(12)16(18)19/h3-11H,1-2H3,(H,18,19)/p-1. The van der Waals surface area contributed by atoms with Crippen LogP contribution in [-0.2, 0) is 4.74 Å².